The van der Waals surface area contributed by atoms with Gasteiger partial charge in [0, 0.05) is 0 Å². The van der Waals surface area contributed by atoms with E-state index in [4.69, 9.17) is 4.84 Å². The molecule has 4 heteroatoms. The Kier molecular flexibility index (Phi) is 2.67. The van der Waals surface area contributed by atoms with E-state index in [9.17, 15) is 0 Å². The third kappa shape index (κ3) is 1.86. The first-order valence-corrected chi connectivity index (χ1v) is 4.36. The van der Waals surface area contributed by atoms with Crippen molar-refractivity contribution in [2.24, 2.45) is 0 Å². The van der Waals surface area contributed by atoms with Gasteiger partial charge in [-0.3, -0.25) is 4.98 Å². The minimum atomic E-state index is 0.564. The zero-order chi connectivity index (χ0) is 9.80. The van der Waals surface area contributed by atoms with Gasteiger partial charge in [-0.2, -0.15) is 5.48 Å². The Labute approximate surface area is 81.9 Å². The average molecular weight is 189 g/mol. The van der Waals surface area contributed by atoms with Crippen molar-refractivity contribution in [1.29, 1.82) is 0 Å². The van der Waals surface area contributed by atoms with Gasteiger partial charge in [0.1, 0.15) is 0 Å². The predicted molar refractivity (Wildman–Crippen MR) is 53.4 cm³/mol. The largest absolute Gasteiger partial charge is 0.305 e. The molecule has 0 saturated carbocycles. The zero-order valence-corrected chi connectivity index (χ0v) is 7.90. The Bertz CT molecular complexity index is 430. The molecule has 2 aromatic rings. The predicted octanol–water partition coefficient (Wildman–Crippen LogP) is 1.28. The van der Waals surface area contributed by atoms with Crippen LogP contribution in [-0.2, 0) is 11.4 Å². The molecule has 14 heavy (non-hydrogen) atoms. The van der Waals surface area contributed by atoms with E-state index >= 15 is 0 Å². The molecule has 0 atom stereocenters. The van der Waals surface area contributed by atoms with Crippen molar-refractivity contribution in [3.8, 4) is 0 Å². The van der Waals surface area contributed by atoms with Crippen molar-refractivity contribution >= 4 is 11.0 Å². The fourth-order valence-electron chi connectivity index (χ4n) is 1.23. The summed E-state index contributed by atoms with van der Waals surface area (Å²) >= 11 is 0. The van der Waals surface area contributed by atoms with E-state index in [1.54, 1.807) is 13.3 Å². The van der Waals surface area contributed by atoms with Crippen LogP contribution >= 0.6 is 0 Å². The highest BCUT2D eigenvalue weighted by Gasteiger charge is 1.97. The van der Waals surface area contributed by atoms with Gasteiger partial charge in [-0.05, 0) is 12.1 Å². The number of fused-ring (bicyclic) bond motifs is 1. The molecule has 0 spiro atoms. The second-order valence-electron chi connectivity index (χ2n) is 2.88. The number of rotatable bonds is 3. The van der Waals surface area contributed by atoms with E-state index in [1.165, 1.54) is 0 Å². The number of para-hydroxylation sites is 2. The van der Waals surface area contributed by atoms with Crippen molar-refractivity contribution < 1.29 is 4.84 Å². The molecule has 1 aromatic carbocycles. The number of aromatic nitrogens is 2. The van der Waals surface area contributed by atoms with Crippen LogP contribution in [0.5, 0.6) is 0 Å². The maximum absolute atomic E-state index is 4.74. The molecule has 1 N–H and O–H groups in total. The second-order valence-corrected chi connectivity index (χ2v) is 2.88. The second kappa shape index (κ2) is 4.13. The summed E-state index contributed by atoms with van der Waals surface area (Å²) in [5.41, 5.74) is 5.41. The van der Waals surface area contributed by atoms with E-state index in [0.29, 0.717) is 6.54 Å². The van der Waals surface area contributed by atoms with Gasteiger partial charge in [-0.1, -0.05) is 12.1 Å². The van der Waals surface area contributed by atoms with Gasteiger partial charge < -0.3 is 4.84 Å². The van der Waals surface area contributed by atoms with Gasteiger partial charge in [0.2, 0.25) is 0 Å². The molecule has 0 fully saturated rings. The molecule has 2 rings (SSSR count). The summed E-state index contributed by atoms with van der Waals surface area (Å²) in [6.07, 6.45) is 1.74. The Balaban J connectivity index is 2.32. The molecule has 0 amide bonds. The van der Waals surface area contributed by atoms with Crippen LogP contribution in [0.1, 0.15) is 5.69 Å². The summed E-state index contributed by atoms with van der Waals surface area (Å²) in [4.78, 5) is 13.4. The number of hydrogen-bond acceptors (Lipinski definition) is 4. The minimum absolute atomic E-state index is 0.564. The topological polar surface area (TPSA) is 47.0 Å². The molecule has 72 valence electrons. The molecule has 0 aliphatic heterocycles. The summed E-state index contributed by atoms with van der Waals surface area (Å²) < 4.78 is 0. The zero-order valence-electron chi connectivity index (χ0n) is 7.90. The Morgan fingerprint density at radius 1 is 1.29 bits per heavy atom. The maximum atomic E-state index is 4.74. The van der Waals surface area contributed by atoms with Crippen LogP contribution in [0.15, 0.2) is 30.5 Å². The standard InChI is InChI=1S/C10H11N3O/c1-14-12-7-8-6-11-9-4-2-3-5-10(9)13-8/h2-6,12H,7H2,1H3. The first-order chi connectivity index (χ1) is 6.90. The molecule has 0 unspecified atom stereocenters. The monoisotopic (exact) mass is 189 g/mol. The molecule has 0 aliphatic carbocycles. The third-order valence-electron chi connectivity index (χ3n) is 1.90. The summed E-state index contributed by atoms with van der Waals surface area (Å²) in [5.74, 6) is 0. The normalized spacial score (nSPS) is 10.6. The van der Waals surface area contributed by atoms with E-state index in [2.05, 4.69) is 15.4 Å². The Morgan fingerprint density at radius 3 is 2.86 bits per heavy atom. The molecular weight excluding hydrogens is 178 g/mol. The van der Waals surface area contributed by atoms with E-state index < -0.39 is 0 Å². The molecule has 1 heterocycles. The van der Waals surface area contributed by atoms with Crippen LogP contribution < -0.4 is 5.48 Å². The quantitative estimate of drug-likeness (QED) is 0.739. The number of benzene rings is 1. The highest BCUT2D eigenvalue weighted by Crippen LogP contribution is 2.07. The van der Waals surface area contributed by atoms with Gasteiger partial charge in [-0.25, -0.2) is 4.98 Å². The lowest BCUT2D eigenvalue weighted by Gasteiger charge is -2.02. The van der Waals surface area contributed by atoms with Crippen molar-refractivity contribution in [2.75, 3.05) is 7.11 Å². The maximum Gasteiger partial charge on any atom is 0.0890 e. The van der Waals surface area contributed by atoms with Gasteiger partial charge >= 0.3 is 0 Å². The molecule has 0 aliphatic rings. The van der Waals surface area contributed by atoms with Gasteiger partial charge in [0.25, 0.3) is 0 Å². The molecule has 0 bridgehead atoms. The molecular formula is C10H11N3O. The first kappa shape index (κ1) is 9.05. The highest BCUT2D eigenvalue weighted by molar-refractivity contribution is 5.73. The van der Waals surface area contributed by atoms with Crippen molar-refractivity contribution in [1.82, 2.24) is 15.4 Å². The average Bonchev–Trinajstić information content (AvgIpc) is 2.26. The van der Waals surface area contributed by atoms with E-state index in [-0.39, 0.29) is 0 Å². The van der Waals surface area contributed by atoms with Crippen molar-refractivity contribution in [3.63, 3.8) is 0 Å². The first-order valence-electron chi connectivity index (χ1n) is 4.36. The molecule has 0 saturated heterocycles. The fourth-order valence-corrected chi connectivity index (χ4v) is 1.23. The van der Waals surface area contributed by atoms with Crippen LogP contribution in [0.4, 0.5) is 0 Å². The lowest BCUT2D eigenvalue weighted by molar-refractivity contribution is 0.0858. The summed E-state index contributed by atoms with van der Waals surface area (Å²) in [6.45, 7) is 0.564. The molecule has 4 nitrogen and oxygen atoms in total. The van der Waals surface area contributed by atoms with Crippen molar-refractivity contribution in [2.45, 2.75) is 6.54 Å². The Morgan fingerprint density at radius 2 is 2.07 bits per heavy atom. The van der Waals surface area contributed by atoms with Crippen LogP contribution in [-0.4, -0.2) is 17.1 Å². The number of nitrogens with zero attached hydrogens (tertiary/aromatic N) is 2. The summed E-state index contributed by atoms with van der Waals surface area (Å²) in [5, 5.41) is 0. The fraction of sp³-hybridized carbons (Fsp3) is 0.200. The van der Waals surface area contributed by atoms with Crippen LogP contribution in [0.25, 0.3) is 11.0 Å². The third-order valence-corrected chi connectivity index (χ3v) is 1.90. The lowest BCUT2D eigenvalue weighted by Crippen LogP contribution is -2.12. The van der Waals surface area contributed by atoms with Gasteiger partial charge in [0.15, 0.2) is 0 Å². The molecule has 0 radical (unpaired) electrons. The summed E-state index contributed by atoms with van der Waals surface area (Å²) in [7, 11) is 1.58. The number of hydrogen-bond donors (Lipinski definition) is 1. The smallest absolute Gasteiger partial charge is 0.0890 e. The lowest BCUT2D eigenvalue weighted by atomic mass is 10.3. The van der Waals surface area contributed by atoms with Crippen LogP contribution in [0.3, 0.4) is 0 Å². The van der Waals surface area contributed by atoms with Crippen molar-refractivity contribution in [3.05, 3.63) is 36.2 Å². The highest BCUT2D eigenvalue weighted by atomic mass is 16.6. The SMILES string of the molecule is CONCc1cnc2ccccc2n1. The minimum Gasteiger partial charge on any atom is -0.305 e. The van der Waals surface area contributed by atoms with Crippen LogP contribution in [0, 0.1) is 0 Å². The number of hydroxylamine groups is 1. The van der Waals surface area contributed by atoms with Gasteiger partial charge in [0.05, 0.1) is 36.6 Å². The molecule has 1 aromatic heterocycles. The summed E-state index contributed by atoms with van der Waals surface area (Å²) in [6, 6.07) is 7.78. The van der Waals surface area contributed by atoms with Gasteiger partial charge in [-0.15, -0.1) is 0 Å². The van der Waals surface area contributed by atoms with E-state index in [1.807, 2.05) is 24.3 Å². The Hall–Kier alpha value is -1.52. The number of nitrogens with one attached hydrogen (secondary N) is 1. The van der Waals surface area contributed by atoms with Crippen LogP contribution in [0.2, 0.25) is 0 Å². The van der Waals surface area contributed by atoms with E-state index in [0.717, 1.165) is 16.7 Å².